The van der Waals surface area contributed by atoms with Crippen LogP contribution in [0.3, 0.4) is 0 Å². The van der Waals surface area contributed by atoms with E-state index in [2.05, 4.69) is 0 Å². The smallest absolute Gasteiger partial charge is 0.285 e. The Bertz CT molecular complexity index is 560. The Morgan fingerprint density at radius 2 is 0.958 bits per heavy atom. The average molecular weight is 386 g/mol. The van der Waals surface area contributed by atoms with E-state index in [1.165, 1.54) is 0 Å². The van der Waals surface area contributed by atoms with Crippen molar-refractivity contribution < 1.29 is 61.9 Å². The van der Waals surface area contributed by atoms with E-state index in [4.69, 9.17) is 0 Å². The molecule has 0 rings (SSSR count). The van der Waals surface area contributed by atoms with Gasteiger partial charge in [0, 0.05) is 6.92 Å². The zero-order chi connectivity index (χ0) is 20.0. The Kier molecular flexibility index (Phi) is 5.30. The van der Waals surface area contributed by atoms with Crippen LogP contribution in [0, 0.1) is 11.8 Å². The summed E-state index contributed by atoms with van der Waals surface area (Å²) >= 11 is 0. The van der Waals surface area contributed by atoms with Crippen molar-refractivity contribution in [3.63, 3.8) is 0 Å². The molecule has 0 radical (unpaired) electrons. The van der Waals surface area contributed by atoms with Gasteiger partial charge in [0.15, 0.2) is 0 Å². The molecule has 0 heterocycles. The van der Waals surface area contributed by atoms with E-state index in [-0.39, 0.29) is 5.92 Å². The third-order valence-corrected chi connectivity index (χ3v) is 2.33. The first-order chi connectivity index (χ1) is 10.2. The summed E-state index contributed by atoms with van der Waals surface area (Å²) < 4.78 is 163. The topological polar surface area (TPSA) is 17.1 Å². The summed E-state index contributed by atoms with van der Waals surface area (Å²) in [6.45, 7) is 0.353. The molecule has 0 aromatic rings. The van der Waals surface area contributed by atoms with Gasteiger partial charge >= 0.3 is 35.8 Å². The van der Waals surface area contributed by atoms with E-state index in [0.29, 0.717) is 12.8 Å². The summed E-state index contributed by atoms with van der Waals surface area (Å²) in [5, 5.41) is 0. The van der Waals surface area contributed by atoms with Crippen LogP contribution in [-0.2, 0) is 4.79 Å². The minimum atomic E-state index is -7.97. The lowest BCUT2D eigenvalue weighted by Crippen LogP contribution is -2.69. The highest BCUT2D eigenvalue weighted by Crippen LogP contribution is 2.60. The molecule has 0 aliphatic heterocycles. The normalized spacial score (nSPS) is 14.9. The molecule has 0 fully saturated rings. The van der Waals surface area contributed by atoms with Gasteiger partial charge in [-0.15, -0.1) is 0 Å². The first kappa shape index (κ1) is 22.3. The maximum atomic E-state index is 12.9. The molecule has 0 amide bonds. The molecule has 0 saturated heterocycles. The zero-order valence-electron chi connectivity index (χ0n) is 10.8. The molecule has 0 aromatic heterocycles. The van der Waals surface area contributed by atoms with Crippen molar-refractivity contribution in [2.24, 2.45) is 0 Å². The number of Topliss-reactive ketones (excluding diaryl/α,β-unsaturated/α-hetero) is 1. The second kappa shape index (κ2) is 5.69. The Morgan fingerprint density at radius 3 is 1.25 bits per heavy atom. The lowest BCUT2D eigenvalue weighted by Gasteiger charge is -2.38. The summed E-state index contributed by atoms with van der Waals surface area (Å²) in [6.07, 6.45) is -7.46. The Balaban J connectivity index is 6.32. The van der Waals surface area contributed by atoms with Gasteiger partial charge in [0.05, 0.1) is 0 Å². The number of hydrogen-bond donors (Lipinski definition) is 0. The number of carbonyl (C=O) groups is 1. The molecule has 14 heteroatoms. The highest BCUT2D eigenvalue weighted by atomic mass is 19.4. The molecule has 0 aliphatic rings. The van der Waals surface area contributed by atoms with E-state index in [1.807, 2.05) is 0 Å². The third-order valence-electron chi connectivity index (χ3n) is 2.33. The lowest BCUT2D eigenvalue weighted by molar-refractivity contribution is -0.435. The minimum Gasteiger partial charge on any atom is -0.285 e. The molecule has 0 aliphatic carbocycles. The van der Waals surface area contributed by atoms with Gasteiger partial charge in [-0.25, -0.2) is 0 Å². The Morgan fingerprint density at radius 1 is 0.625 bits per heavy atom. The fourth-order valence-electron chi connectivity index (χ4n) is 1.01. The highest BCUT2D eigenvalue weighted by molar-refractivity contribution is 5.93. The molecule has 0 unspecified atom stereocenters. The summed E-state index contributed by atoms with van der Waals surface area (Å²) in [5.74, 6) is -38.9. The van der Waals surface area contributed by atoms with Crippen molar-refractivity contribution in [2.45, 2.75) is 42.7 Å². The molecular formula is C10H3F13O. The maximum absolute atomic E-state index is 12.9. The molecule has 1 nitrogen and oxygen atoms in total. The number of hydrogen-bond acceptors (Lipinski definition) is 1. The highest BCUT2D eigenvalue weighted by Gasteiger charge is 2.90. The summed E-state index contributed by atoms with van der Waals surface area (Å²) in [5.41, 5.74) is 0. The molecule has 0 aromatic carbocycles. The van der Waals surface area contributed by atoms with E-state index in [9.17, 15) is 61.9 Å². The quantitative estimate of drug-likeness (QED) is 0.400. The van der Waals surface area contributed by atoms with Crippen molar-refractivity contribution in [2.75, 3.05) is 0 Å². The van der Waals surface area contributed by atoms with Crippen molar-refractivity contribution in [3.8, 4) is 11.8 Å². The Labute approximate surface area is 123 Å². The maximum Gasteiger partial charge on any atom is 0.460 e. The molecule has 24 heavy (non-hydrogen) atoms. The predicted octanol–water partition coefficient (Wildman–Crippen LogP) is 4.32. The second-order valence-electron chi connectivity index (χ2n) is 4.18. The van der Waals surface area contributed by atoms with Crippen LogP contribution in [0.5, 0.6) is 0 Å². The molecular weight excluding hydrogens is 383 g/mol. The van der Waals surface area contributed by atoms with Crippen LogP contribution in [0.25, 0.3) is 0 Å². The van der Waals surface area contributed by atoms with Crippen molar-refractivity contribution in [1.82, 2.24) is 0 Å². The standard InChI is InChI=1S/C10H3F13O/c1-4(24)2-3-5(11,12)6(13,14)7(15,16)8(17,18)9(19,20)10(21,22)23/h1H3. The third kappa shape index (κ3) is 3.12. The van der Waals surface area contributed by atoms with Gasteiger partial charge in [0.25, 0.3) is 0 Å². The molecule has 0 N–H and O–H groups in total. The van der Waals surface area contributed by atoms with Crippen LogP contribution < -0.4 is 0 Å². The minimum absolute atomic E-state index is 0.155. The van der Waals surface area contributed by atoms with Crippen molar-refractivity contribution >= 4 is 5.78 Å². The number of halogens is 13. The van der Waals surface area contributed by atoms with Gasteiger partial charge in [0.1, 0.15) is 0 Å². The molecule has 0 saturated carbocycles. The molecule has 140 valence electrons. The first-order valence-electron chi connectivity index (χ1n) is 5.16. The fourth-order valence-corrected chi connectivity index (χ4v) is 1.01. The Hall–Kier alpha value is -1.68. The van der Waals surface area contributed by atoms with Crippen molar-refractivity contribution in [1.29, 1.82) is 0 Å². The van der Waals surface area contributed by atoms with Crippen LogP contribution in [-0.4, -0.2) is 41.6 Å². The van der Waals surface area contributed by atoms with E-state index >= 15 is 0 Å². The monoisotopic (exact) mass is 386 g/mol. The van der Waals surface area contributed by atoms with Gasteiger partial charge in [-0.1, -0.05) is 0 Å². The largest absolute Gasteiger partial charge is 0.460 e. The van der Waals surface area contributed by atoms with Gasteiger partial charge in [0.2, 0.25) is 5.78 Å². The second-order valence-corrected chi connectivity index (χ2v) is 4.18. The number of ketones is 1. The predicted molar refractivity (Wildman–Crippen MR) is 49.2 cm³/mol. The zero-order valence-corrected chi connectivity index (χ0v) is 10.8. The molecule has 0 bridgehead atoms. The van der Waals surface area contributed by atoms with E-state index < -0.39 is 41.6 Å². The summed E-state index contributed by atoms with van der Waals surface area (Å²) in [7, 11) is 0. The molecule has 0 atom stereocenters. The SMILES string of the molecule is CC(=O)C#CC(F)(F)C(F)(F)C(F)(F)C(F)(F)C(F)(F)C(F)(F)F. The summed E-state index contributed by atoms with van der Waals surface area (Å²) in [6, 6.07) is 0. The van der Waals surface area contributed by atoms with Crippen LogP contribution in [0.2, 0.25) is 0 Å². The van der Waals surface area contributed by atoms with Crippen LogP contribution in [0.4, 0.5) is 57.1 Å². The van der Waals surface area contributed by atoms with Gasteiger partial charge in [-0.05, 0) is 11.8 Å². The molecule has 0 spiro atoms. The van der Waals surface area contributed by atoms with E-state index in [1.54, 1.807) is 0 Å². The first-order valence-corrected chi connectivity index (χ1v) is 5.16. The average Bonchev–Trinajstić information content (AvgIpc) is 2.34. The summed E-state index contributed by atoms with van der Waals surface area (Å²) in [4.78, 5) is 10.2. The van der Waals surface area contributed by atoms with E-state index in [0.717, 1.165) is 0 Å². The van der Waals surface area contributed by atoms with Gasteiger partial charge in [-0.2, -0.15) is 57.1 Å². The number of carbonyl (C=O) groups excluding carboxylic acids is 1. The van der Waals surface area contributed by atoms with Crippen molar-refractivity contribution in [3.05, 3.63) is 0 Å². The van der Waals surface area contributed by atoms with Crippen LogP contribution in [0.15, 0.2) is 0 Å². The van der Waals surface area contributed by atoms with Crippen LogP contribution in [0.1, 0.15) is 6.92 Å². The van der Waals surface area contributed by atoms with Gasteiger partial charge < -0.3 is 0 Å². The van der Waals surface area contributed by atoms with Gasteiger partial charge in [-0.3, -0.25) is 4.79 Å². The van der Waals surface area contributed by atoms with Crippen LogP contribution >= 0.6 is 0 Å². The number of alkyl halides is 13. The fraction of sp³-hybridized carbons (Fsp3) is 0.700. The number of rotatable bonds is 4. The lowest BCUT2D eigenvalue weighted by atomic mass is 9.94.